The number of methoxy groups -OCH3 is 1. The monoisotopic (exact) mass is 417 g/mol. The number of nitrogens with zero attached hydrogens (tertiary/aromatic N) is 2. The molecule has 2 unspecified atom stereocenters. The predicted molar refractivity (Wildman–Crippen MR) is 113 cm³/mol. The molecule has 0 saturated carbocycles. The number of ether oxygens (including phenoxy) is 1. The van der Waals surface area contributed by atoms with Gasteiger partial charge in [0.2, 0.25) is 5.43 Å². The SMILES string of the molecule is CCCCn1cc(C(=O)O)c(=O)c2cc(F)c(N3CC4CCCNC4C3)c(OC)c21. The lowest BCUT2D eigenvalue weighted by atomic mass is 9.94. The maximum absolute atomic E-state index is 15.4. The quantitative estimate of drug-likeness (QED) is 0.752. The van der Waals surface area contributed by atoms with E-state index in [1.807, 2.05) is 11.8 Å². The van der Waals surface area contributed by atoms with Gasteiger partial charge < -0.3 is 24.6 Å². The lowest BCUT2D eigenvalue weighted by Crippen LogP contribution is -2.40. The van der Waals surface area contributed by atoms with Crippen LogP contribution in [0.4, 0.5) is 10.1 Å². The van der Waals surface area contributed by atoms with Gasteiger partial charge >= 0.3 is 5.97 Å². The molecule has 3 heterocycles. The molecule has 0 aliphatic carbocycles. The van der Waals surface area contributed by atoms with Crippen molar-refractivity contribution in [2.24, 2.45) is 5.92 Å². The molecule has 0 radical (unpaired) electrons. The van der Waals surface area contributed by atoms with Crippen LogP contribution in [0, 0.1) is 11.7 Å². The zero-order chi connectivity index (χ0) is 21.4. The molecule has 2 saturated heterocycles. The number of halogens is 1. The van der Waals surface area contributed by atoms with E-state index in [4.69, 9.17) is 4.74 Å². The van der Waals surface area contributed by atoms with Gasteiger partial charge in [0, 0.05) is 31.9 Å². The molecule has 0 amide bonds. The molecule has 2 aliphatic heterocycles. The summed E-state index contributed by atoms with van der Waals surface area (Å²) in [5, 5.41) is 13.0. The number of hydrogen-bond acceptors (Lipinski definition) is 5. The van der Waals surface area contributed by atoms with Crippen LogP contribution in [-0.2, 0) is 6.54 Å². The maximum Gasteiger partial charge on any atom is 0.341 e. The molecular formula is C22H28FN3O4. The molecule has 162 valence electrons. The van der Waals surface area contributed by atoms with E-state index in [-0.39, 0.29) is 10.9 Å². The van der Waals surface area contributed by atoms with E-state index in [0.717, 1.165) is 38.8 Å². The zero-order valence-electron chi connectivity index (χ0n) is 17.4. The van der Waals surface area contributed by atoms with Crippen LogP contribution in [0.3, 0.4) is 0 Å². The van der Waals surface area contributed by atoms with Crippen molar-refractivity contribution < 1.29 is 19.0 Å². The van der Waals surface area contributed by atoms with E-state index in [1.54, 1.807) is 4.57 Å². The van der Waals surface area contributed by atoms with Crippen LogP contribution in [0.1, 0.15) is 43.0 Å². The van der Waals surface area contributed by atoms with Gasteiger partial charge in [-0.25, -0.2) is 9.18 Å². The van der Waals surface area contributed by atoms with Gasteiger partial charge in [-0.15, -0.1) is 0 Å². The summed E-state index contributed by atoms with van der Waals surface area (Å²) in [6, 6.07) is 1.50. The minimum atomic E-state index is -1.31. The van der Waals surface area contributed by atoms with Crippen molar-refractivity contribution in [1.29, 1.82) is 0 Å². The van der Waals surface area contributed by atoms with Gasteiger partial charge in [0.15, 0.2) is 11.6 Å². The first-order valence-corrected chi connectivity index (χ1v) is 10.6. The van der Waals surface area contributed by atoms with Crippen LogP contribution < -0.4 is 20.4 Å². The molecule has 2 aromatic rings. The topological polar surface area (TPSA) is 83.8 Å². The number of fused-ring (bicyclic) bond motifs is 2. The fourth-order valence-electron chi connectivity index (χ4n) is 4.86. The van der Waals surface area contributed by atoms with Gasteiger partial charge in [0.1, 0.15) is 11.3 Å². The van der Waals surface area contributed by atoms with Gasteiger partial charge in [0.25, 0.3) is 0 Å². The average molecular weight is 417 g/mol. The number of rotatable bonds is 6. The van der Waals surface area contributed by atoms with Crippen molar-refractivity contribution >= 4 is 22.6 Å². The molecule has 2 atom stereocenters. The Kier molecular flexibility index (Phi) is 5.69. The number of unbranched alkanes of at least 4 members (excludes halogenated alkanes) is 1. The Hall–Kier alpha value is -2.61. The number of anilines is 1. The Bertz CT molecular complexity index is 1020. The van der Waals surface area contributed by atoms with E-state index < -0.39 is 17.2 Å². The van der Waals surface area contributed by atoms with Crippen molar-refractivity contribution in [3.05, 3.63) is 33.9 Å². The second-order valence-corrected chi connectivity index (χ2v) is 8.23. The largest absolute Gasteiger partial charge is 0.492 e. The highest BCUT2D eigenvalue weighted by Crippen LogP contribution is 2.41. The van der Waals surface area contributed by atoms with E-state index in [9.17, 15) is 14.7 Å². The second kappa shape index (κ2) is 8.26. The van der Waals surface area contributed by atoms with Crippen molar-refractivity contribution in [3.63, 3.8) is 0 Å². The van der Waals surface area contributed by atoms with Gasteiger partial charge in [-0.3, -0.25) is 4.79 Å². The minimum Gasteiger partial charge on any atom is -0.492 e. The van der Waals surface area contributed by atoms with Crippen LogP contribution in [0.25, 0.3) is 10.9 Å². The number of benzene rings is 1. The molecule has 0 bridgehead atoms. The van der Waals surface area contributed by atoms with E-state index in [2.05, 4.69) is 5.32 Å². The molecule has 8 heteroatoms. The third-order valence-electron chi connectivity index (χ3n) is 6.35. The lowest BCUT2D eigenvalue weighted by Gasteiger charge is -2.25. The van der Waals surface area contributed by atoms with Crippen LogP contribution in [-0.4, -0.2) is 48.4 Å². The number of carbonyl (C=O) groups is 1. The molecule has 30 heavy (non-hydrogen) atoms. The minimum absolute atomic E-state index is 0.0406. The Morgan fingerprint density at radius 2 is 2.20 bits per heavy atom. The standard InChI is InChI=1S/C22H28FN3O4/c1-3-4-8-25-11-15(22(28)29)20(27)14-9-16(23)19(21(30-2)18(14)25)26-10-13-6-5-7-24-17(13)12-26/h9,11,13,17,24H,3-8,10,12H2,1-2H3,(H,28,29). The third kappa shape index (κ3) is 3.43. The van der Waals surface area contributed by atoms with Gasteiger partial charge in [-0.2, -0.15) is 0 Å². The maximum atomic E-state index is 15.4. The summed E-state index contributed by atoms with van der Waals surface area (Å²) in [5.41, 5.74) is -0.232. The summed E-state index contributed by atoms with van der Waals surface area (Å²) >= 11 is 0. The Balaban J connectivity index is 1.92. The average Bonchev–Trinajstić information content (AvgIpc) is 3.16. The summed E-state index contributed by atoms with van der Waals surface area (Å²) < 4.78 is 22.8. The van der Waals surface area contributed by atoms with E-state index >= 15 is 4.39 Å². The first-order chi connectivity index (χ1) is 14.5. The van der Waals surface area contributed by atoms with Crippen molar-refractivity contribution in [3.8, 4) is 5.75 Å². The molecule has 2 N–H and O–H groups in total. The Morgan fingerprint density at radius 1 is 1.40 bits per heavy atom. The molecule has 1 aromatic heterocycles. The first-order valence-electron chi connectivity index (χ1n) is 10.6. The van der Waals surface area contributed by atoms with Gasteiger partial charge in [0.05, 0.1) is 18.0 Å². The molecule has 0 spiro atoms. The summed E-state index contributed by atoms with van der Waals surface area (Å²) in [6.45, 7) is 4.92. The predicted octanol–water partition coefficient (Wildman–Crippen LogP) is 2.84. The molecule has 2 fully saturated rings. The number of carboxylic acid groups (broad SMARTS) is 1. The number of aryl methyl sites for hydroxylation is 1. The molecule has 2 aliphatic rings. The van der Waals surface area contributed by atoms with E-state index in [0.29, 0.717) is 42.0 Å². The van der Waals surface area contributed by atoms with Crippen LogP contribution in [0.15, 0.2) is 17.1 Å². The van der Waals surface area contributed by atoms with Crippen molar-refractivity contribution in [2.45, 2.75) is 45.2 Å². The molecule has 4 rings (SSSR count). The van der Waals surface area contributed by atoms with Gasteiger partial charge in [-0.05, 0) is 37.8 Å². The highest BCUT2D eigenvalue weighted by Gasteiger charge is 2.37. The van der Waals surface area contributed by atoms with Crippen molar-refractivity contribution in [2.75, 3.05) is 31.6 Å². The summed E-state index contributed by atoms with van der Waals surface area (Å²) in [6.07, 6.45) is 5.27. The Morgan fingerprint density at radius 3 is 2.87 bits per heavy atom. The number of pyridine rings is 1. The number of hydrogen-bond donors (Lipinski definition) is 2. The molecular weight excluding hydrogens is 389 g/mol. The van der Waals surface area contributed by atoms with Crippen LogP contribution in [0.2, 0.25) is 0 Å². The molecule has 7 nitrogen and oxygen atoms in total. The highest BCUT2D eigenvalue weighted by atomic mass is 19.1. The summed E-state index contributed by atoms with van der Waals surface area (Å²) in [4.78, 5) is 26.4. The number of aromatic carboxylic acids is 1. The normalized spacial score (nSPS) is 21.1. The summed E-state index contributed by atoms with van der Waals surface area (Å²) in [5.74, 6) is -1.12. The fourth-order valence-corrected chi connectivity index (χ4v) is 4.86. The summed E-state index contributed by atoms with van der Waals surface area (Å²) in [7, 11) is 1.47. The number of aromatic nitrogens is 1. The smallest absolute Gasteiger partial charge is 0.341 e. The first kappa shape index (κ1) is 20.7. The number of carboxylic acids is 1. The van der Waals surface area contributed by atoms with Crippen molar-refractivity contribution in [1.82, 2.24) is 9.88 Å². The number of nitrogens with one attached hydrogen (secondary N) is 1. The van der Waals surface area contributed by atoms with Crippen LogP contribution in [0.5, 0.6) is 5.75 Å². The highest BCUT2D eigenvalue weighted by molar-refractivity contribution is 5.97. The lowest BCUT2D eigenvalue weighted by molar-refractivity contribution is 0.0694. The fraction of sp³-hybridized carbons (Fsp3) is 0.545. The molecule has 1 aromatic carbocycles. The zero-order valence-corrected chi connectivity index (χ0v) is 17.4. The second-order valence-electron chi connectivity index (χ2n) is 8.23. The van der Waals surface area contributed by atoms with E-state index in [1.165, 1.54) is 19.4 Å². The van der Waals surface area contributed by atoms with Gasteiger partial charge in [-0.1, -0.05) is 13.3 Å². The van der Waals surface area contributed by atoms with Crippen LogP contribution >= 0.6 is 0 Å². The third-order valence-corrected chi connectivity index (χ3v) is 6.35. The Labute approximate surface area is 174 Å². The number of piperidine rings is 1.